The second-order valence-corrected chi connectivity index (χ2v) is 5.20. The Kier molecular flexibility index (Phi) is 5.01. The highest BCUT2D eigenvalue weighted by Crippen LogP contribution is 2.27. The summed E-state index contributed by atoms with van der Waals surface area (Å²) >= 11 is 0. The van der Waals surface area contributed by atoms with Crippen molar-refractivity contribution in [3.63, 3.8) is 0 Å². The van der Waals surface area contributed by atoms with Gasteiger partial charge in [-0.1, -0.05) is 26.0 Å². The zero-order chi connectivity index (χ0) is 13.0. The zero-order valence-electron chi connectivity index (χ0n) is 11.9. The van der Waals surface area contributed by atoms with Crippen molar-refractivity contribution in [3.8, 4) is 5.75 Å². The topological polar surface area (TPSA) is 21.3 Å². The van der Waals surface area contributed by atoms with Crippen molar-refractivity contribution in [1.29, 1.82) is 0 Å². The normalized spacial score (nSPS) is 11.3. The molecular weight excluding hydrogens is 210 g/mol. The van der Waals surface area contributed by atoms with Crippen LogP contribution in [0.3, 0.4) is 0 Å². The Hall–Kier alpha value is -1.02. The Labute approximate surface area is 105 Å². The van der Waals surface area contributed by atoms with Crippen LogP contribution in [0.2, 0.25) is 0 Å². The molecule has 17 heavy (non-hydrogen) atoms. The van der Waals surface area contributed by atoms with Gasteiger partial charge in [-0.2, -0.15) is 0 Å². The van der Waals surface area contributed by atoms with Crippen molar-refractivity contribution in [3.05, 3.63) is 28.8 Å². The molecule has 2 heteroatoms. The third-order valence-electron chi connectivity index (χ3n) is 2.81. The second-order valence-electron chi connectivity index (χ2n) is 5.20. The molecule has 0 saturated heterocycles. The monoisotopic (exact) mass is 235 g/mol. The van der Waals surface area contributed by atoms with Gasteiger partial charge in [-0.25, -0.2) is 0 Å². The molecule has 0 aliphatic heterocycles. The molecule has 0 fully saturated rings. The van der Waals surface area contributed by atoms with E-state index < -0.39 is 0 Å². The predicted molar refractivity (Wildman–Crippen MR) is 73.7 cm³/mol. The van der Waals surface area contributed by atoms with Crippen LogP contribution in [0.4, 0.5) is 0 Å². The maximum Gasteiger partial charge on any atom is 0.127 e. The van der Waals surface area contributed by atoms with Gasteiger partial charge in [-0.3, -0.25) is 0 Å². The van der Waals surface area contributed by atoms with Gasteiger partial charge in [-0.15, -0.1) is 0 Å². The Morgan fingerprint density at radius 2 is 1.76 bits per heavy atom. The van der Waals surface area contributed by atoms with Gasteiger partial charge in [-0.05, 0) is 38.8 Å². The SMILES string of the molecule is Cc1ccc(CNC(C)C)c(OC(C)C)c1C. The quantitative estimate of drug-likeness (QED) is 0.842. The largest absolute Gasteiger partial charge is 0.490 e. The highest BCUT2D eigenvalue weighted by molar-refractivity contribution is 5.45. The van der Waals surface area contributed by atoms with E-state index in [4.69, 9.17) is 4.74 Å². The third kappa shape index (κ3) is 4.04. The van der Waals surface area contributed by atoms with Crippen LogP contribution >= 0.6 is 0 Å². The van der Waals surface area contributed by atoms with Crippen LogP contribution in [0.15, 0.2) is 12.1 Å². The summed E-state index contributed by atoms with van der Waals surface area (Å²) in [6.07, 6.45) is 0.216. The molecule has 96 valence electrons. The van der Waals surface area contributed by atoms with Crippen LogP contribution in [0.5, 0.6) is 5.75 Å². The van der Waals surface area contributed by atoms with Gasteiger partial charge in [0.15, 0.2) is 0 Å². The molecule has 0 bridgehead atoms. The molecule has 0 aliphatic rings. The van der Waals surface area contributed by atoms with Crippen LogP contribution in [0, 0.1) is 13.8 Å². The molecule has 0 radical (unpaired) electrons. The van der Waals surface area contributed by atoms with E-state index in [9.17, 15) is 0 Å². The maximum absolute atomic E-state index is 5.95. The summed E-state index contributed by atoms with van der Waals surface area (Å²) in [6, 6.07) is 4.82. The maximum atomic E-state index is 5.95. The van der Waals surface area contributed by atoms with Crippen LogP contribution in [0.25, 0.3) is 0 Å². The van der Waals surface area contributed by atoms with Crippen molar-refractivity contribution in [2.45, 2.75) is 60.2 Å². The van der Waals surface area contributed by atoms with Crippen LogP contribution < -0.4 is 10.1 Å². The number of hydrogen-bond acceptors (Lipinski definition) is 2. The first-order valence-corrected chi connectivity index (χ1v) is 6.41. The van der Waals surface area contributed by atoms with Gasteiger partial charge in [0.2, 0.25) is 0 Å². The number of nitrogens with one attached hydrogen (secondary N) is 1. The van der Waals surface area contributed by atoms with E-state index in [0.29, 0.717) is 6.04 Å². The molecule has 1 rings (SSSR count). The first-order chi connectivity index (χ1) is 7.91. The van der Waals surface area contributed by atoms with Crippen LogP contribution in [-0.4, -0.2) is 12.1 Å². The Bertz CT molecular complexity index is 369. The molecule has 0 amide bonds. The molecule has 1 aromatic rings. The standard InChI is InChI=1S/C15H25NO/c1-10(2)16-9-14-8-7-12(5)13(6)15(14)17-11(3)4/h7-8,10-11,16H,9H2,1-6H3. The fourth-order valence-corrected chi connectivity index (χ4v) is 1.70. The Morgan fingerprint density at radius 3 is 2.29 bits per heavy atom. The molecule has 0 aliphatic carbocycles. The summed E-state index contributed by atoms with van der Waals surface area (Å²) in [7, 11) is 0. The fourth-order valence-electron chi connectivity index (χ4n) is 1.70. The van der Waals surface area contributed by atoms with E-state index >= 15 is 0 Å². The number of aryl methyl sites for hydroxylation is 1. The molecule has 2 nitrogen and oxygen atoms in total. The van der Waals surface area contributed by atoms with E-state index in [0.717, 1.165) is 12.3 Å². The minimum atomic E-state index is 0.216. The van der Waals surface area contributed by atoms with E-state index in [1.54, 1.807) is 0 Å². The van der Waals surface area contributed by atoms with E-state index in [1.807, 2.05) is 0 Å². The number of ether oxygens (including phenoxy) is 1. The van der Waals surface area contributed by atoms with Gasteiger partial charge < -0.3 is 10.1 Å². The highest BCUT2D eigenvalue weighted by Gasteiger charge is 2.11. The molecule has 0 heterocycles. The van der Waals surface area contributed by atoms with Crippen LogP contribution in [0.1, 0.15) is 44.4 Å². The summed E-state index contributed by atoms with van der Waals surface area (Å²) in [5, 5.41) is 3.44. The highest BCUT2D eigenvalue weighted by atomic mass is 16.5. The molecule has 0 spiro atoms. The average molecular weight is 235 g/mol. The van der Waals surface area contributed by atoms with Crippen molar-refractivity contribution < 1.29 is 4.74 Å². The van der Waals surface area contributed by atoms with Crippen molar-refractivity contribution in [1.82, 2.24) is 5.32 Å². The van der Waals surface area contributed by atoms with Gasteiger partial charge in [0, 0.05) is 18.2 Å². The lowest BCUT2D eigenvalue weighted by Crippen LogP contribution is -2.23. The summed E-state index contributed by atoms with van der Waals surface area (Å²) in [4.78, 5) is 0. The molecule has 0 unspecified atom stereocenters. The fraction of sp³-hybridized carbons (Fsp3) is 0.600. The number of rotatable bonds is 5. The first kappa shape index (κ1) is 14.0. The summed E-state index contributed by atoms with van der Waals surface area (Å²) < 4.78 is 5.95. The van der Waals surface area contributed by atoms with Crippen LogP contribution in [-0.2, 0) is 6.54 Å². The summed E-state index contributed by atoms with van der Waals surface area (Å²) in [6.45, 7) is 13.6. The molecule has 0 aromatic heterocycles. The summed E-state index contributed by atoms with van der Waals surface area (Å²) in [5.41, 5.74) is 3.78. The number of hydrogen-bond donors (Lipinski definition) is 1. The molecule has 1 aromatic carbocycles. The minimum Gasteiger partial charge on any atom is -0.490 e. The van der Waals surface area contributed by atoms with Gasteiger partial charge >= 0.3 is 0 Å². The third-order valence-corrected chi connectivity index (χ3v) is 2.81. The Balaban J connectivity index is 2.98. The van der Waals surface area contributed by atoms with E-state index in [1.165, 1.54) is 16.7 Å². The van der Waals surface area contributed by atoms with Crippen molar-refractivity contribution in [2.75, 3.05) is 0 Å². The van der Waals surface area contributed by atoms with Gasteiger partial charge in [0.1, 0.15) is 5.75 Å². The zero-order valence-corrected chi connectivity index (χ0v) is 11.9. The Morgan fingerprint density at radius 1 is 1.12 bits per heavy atom. The number of benzene rings is 1. The van der Waals surface area contributed by atoms with Crippen molar-refractivity contribution in [2.24, 2.45) is 0 Å². The predicted octanol–water partition coefficient (Wildman–Crippen LogP) is 3.59. The van der Waals surface area contributed by atoms with Gasteiger partial charge in [0.05, 0.1) is 6.10 Å². The smallest absolute Gasteiger partial charge is 0.127 e. The lowest BCUT2D eigenvalue weighted by Gasteiger charge is -2.19. The van der Waals surface area contributed by atoms with E-state index in [-0.39, 0.29) is 6.10 Å². The average Bonchev–Trinajstić information content (AvgIpc) is 2.23. The molecule has 0 atom stereocenters. The first-order valence-electron chi connectivity index (χ1n) is 6.41. The minimum absolute atomic E-state index is 0.216. The van der Waals surface area contributed by atoms with E-state index in [2.05, 4.69) is 59.0 Å². The lowest BCUT2D eigenvalue weighted by molar-refractivity contribution is 0.237. The second kappa shape index (κ2) is 6.06. The molecule has 0 saturated carbocycles. The van der Waals surface area contributed by atoms with Crippen molar-refractivity contribution >= 4 is 0 Å². The van der Waals surface area contributed by atoms with Gasteiger partial charge in [0.25, 0.3) is 0 Å². The lowest BCUT2D eigenvalue weighted by atomic mass is 10.0. The summed E-state index contributed by atoms with van der Waals surface area (Å²) in [5.74, 6) is 1.05. The molecular formula is C15H25NO. The molecule has 1 N–H and O–H groups in total.